The Hall–Kier alpha value is -2.17. The van der Waals surface area contributed by atoms with Crippen molar-refractivity contribution < 1.29 is 9.18 Å². The van der Waals surface area contributed by atoms with Crippen molar-refractivity contribution in [3.63, 3.8) is 0 Å². The number of aromatic nitrogens is 2. The number of carbonyl (C=O) groups is 1. The van der Waals surface area contributed by atoms with Gasteiger partial charge in [-0.2, -0.15) is 5.10 Å². The van der Waals surface area contributed by atoms with Crippen LogP contribution in [0.1, 0.15) is 17.3 Å². The molecule has 94 valence electrons. The summed E-state index contributed by atoms with van der Waals surface area (Å²) in [4.78, 5) is 13.8. The molecule has 0 unspecified atom stereocenters. The topological polar surface area (TPSA) is 38.1 Å². The molecule has 0 aliphatic rings. The van der Waals surface area contributed by atoms with Crippen LogP contribution < -0.4 is 4.90 Å². The fourth-order valence-corrected chi connectivity index (χ4v) is 1.75. The van der Waals surface area contributed by atoms with Gasteiger partial charge in [0.1, 0.15) is 5.82 Å². The molecule has 0 fully saturated rings. The highest BCUT2D eigenvalue weighted by Gasteiger charge is 2.17. The van der Waals surface area contributed by atoms with Gasteiger partial charge in [-0.3, -0.25) is 9.48 Å². The molecule has 0 radical (unpaired) electrons. The monoisotopic (exact) mass is 247 g/mol. The van der Waals surface area contributed by atoms with E-state index in [2.05, 4.69) is 5.10 Å². The molecule has 1 aromatic heterocycles. The molecule has 2 aromatic rings. The molecule has 4 nitrogen and oxygen atoms in total. The zero-order valence-corrected chi connectivity index (χ0v) is 10.3. The third-order valence-electron chi connectivity index (χ3n) is 2.65. The van der Waals surface area contributed by atoms with E-state index in [-0.39, 0.29) is 11.7 Å². The van der Waals surface area contributed by atoms with Crippen LogP contribution in [0, 0.1) is 5.82 Å². The van der Waals surface area contributed by atoms with Crippen LogP contribution >= 0.6 is 0 Å². The van der Waals surface area contributed by atoms with E-state index in [9.17, 15) is 9.18 Å². The summed E-state index contributed by atoms with van der Waals surface area (Å²) < 4.78 is 14.4. The Bertz CT molecular complexity index is 548. The van der Waals surface area contributed by atoms with Crippen LogP contribution in [0.4, 0.5) is 10.1 Å². The van der Waals surface area contributed by atoms with Crippen molar-refractivity contribution in [2.75, 3.05) is 11.4 Å². The Balaban J connectivity index is 2.28. The summed E-state index contributed by atoms with van der Waals surface area (Å²) in [5.74, 6) is -0.458. The molecule has 0 saturated heterocycles. The van der Waals surface area contributed by atoms with E-state index in [1.165, 1.54) is 18.3 Å². The van der Waals surface area contributed by atoms with Crippen LogP contribution in [0.25, 0.3) is 0 Å². The smallest absolute Gasteiger partial charge is 0.261 e. The Morgan fingerprint density at radius 3 is 2.56 bits per heavy atom. The summed E-state index contributed by atoms with van der Waals surface area (Å²) in [6.45, 7) is 2.39. The molecule has 1 aromatic carbocycles. The average Bonchev–Trinajstić information content (AvgIpc) is 2.79. The quantitative estimate of drug-likeness (QED) is 0.834. The predicted molar refractivity (Wildman–Crippen MR) is 67.0 cm³/mol. The Kier molecular flexibility index (Phi) is 3.41. The Morgan fingerprint density at radius 2 is 2.06 bits per heavy atom. The number of amides is 1. The van der Waals surface area contributed by atoms with Crippen LogP contribution in [0.2, 0.25) is 0 Å². The number of aryl methyl sites for hydroxylation is 1. The summed E-state index contributed by atoms with van der Waals surface area (Å²) in [7, 11) is 1.75. The fourth-order valence-electron chi connectivity index (χ4n) is 1.75. The van der Waals surface area contributed by atoms with Crippen LogP contribution in [0.15, 0.2) is 36.7 Å². The third-order valence-corrected chi connectivity index (χ3v) is 2.65. The molecule has 0 spiro atoms. The van der Waals surface area contributed by atoms with Crippen molar-refractivity contribution in [2.24, 2.45) is 7.05 Å². The van der Waals surface area contributed by atoms with E-state index in [0.717, 1.165) is 0 Å². The third kappa shape index (κ3) is 2.40. The second-order valence-electron chi connectivity index (χ2n) is 3.93. The highest BCUT2D eigenvalue weighted by molar-refractivity contribution is 6.05. The first-order chi connectivity index (χ1) is 8.61. The SMILES string of the molecule is CCN(C(=O)c1cnn(C)c1)c1ccc(F)cc1. The van der Waals surface area contributed by atoms with E-state index in [1.807, 2.05) is 6.92 Å². The lowest BCUT2D eigenvalue weighted by atomic mass is 10.2. The van der Waals surface area contributed by atoms with Crippen LogP contribution in [-0.2, 0) is 7.05 Å². The molecule has 0 N–H and O–H groups in total. The minimum Gasteiger partial charge on any atom is -0.309 e. The Labute approximate surface area is 105 Å². The maximum Gasteiger partial charge on any atom is 0.261 e. The normalized spacial score (nSPS) is 10.4. The lowest BCUT2D eigenvalue weighted by molar-refractivity contribution is 0.0988. The van der Waals surface area contributed by atoms with Gasteiger partial charge in [0, 0.05) is 25.5 Å². The van der Waals surface area contributed by atoms with Gasteiger partial charge in [-0.05, 0) is 31.2 Å². The number of benzene rings is 1. The highest BCUT2D eigenvalue weighted by atomic mass is 19.1. The van der Waals surface area contributed by atoms with Gasteiger partial charge in [-0.25, -0.2) is 4.39 Å². The molecule has 0 bridgehead atoms. The van der Waals surface area contributed by atoms with Crippen molar-refractivity contribution >= 4 is 11.6 Å². The average molecular weight is 247 g/mol. The van der Waals surface area contributed by atoms with Crippen molar-refractivity contribution in [1.29, 1.82) is 0 Å². The number of carbonyl (C=O) groups excluding carboxylic acids is 1. The second kappa shape index (κ2) is 5.00. The van der Waals surface area contributed by atoms with Gasteiger partial charge in [0.2, 0.25) is 0 Å². The first kappa shape index (κ1) is 12.3. The molecule has 1 amide bonds. The van der Waals surface area contributed by atoms with Crippen molar-refractivity contribution in [3.8, 4) is 0 Å². The minimum absolute atomic E-state index is 0.141. The highest BCUT2D eigenvalue weighted by Crippen LogP contribution is 2.17. The lowest BCUT2D eigenvalue weighted by Crippen LogP contribution is -2.30. The summed E-state index contributed by atoms with van der Waals surface area (Å²) >= 11 is 0. The largest absolute Gasteiger partial charge is 0.309 e. The number of anilines is 1. The van der Waals surface area contributed by atoms with Crippen LogP contribution in [-0.4, -0.2) is 22.2 Å². The molecular weight excluding hydrogens is 233 g/mol. The zero-order valence-electron chi connectivity index (χ0n) is 10.3. The van der Waals surface area contributed by atoms with Gasteiger partial charge in [-0.1, -0.05) is 0 Å². The first-order valence-electron chi connectivity index (χ1n) is 5.68. The molecule has 0 aliphatic heterocycles. The number of nitrogens with zero attached hydrogens (tertiary/aromatic N) is 3. The summed E-state index contributed by atoms with van der Waals surface area (Å²) in [6, 6.07) is 5.86. The maximum atomic E-state index is 12.9. The van der Waals surface area contributed by atoms with E-state index in [0.29, 0.717) is 17.8 Å². The van der Waals surface area contributed by atoms with Crippen molar-refractivity contribution in [3.05, 3.63) is 48.0 Å². The van der Waals surface area contributed by atoms with Gasteiger partial charge in [0.25, 0.3) is 5.91 Å². The van der Waals surface area contributed by atoms with Gasteiger partial charge in [0.15, 0.2) is 0 Å². The molecule has 18 heavy (non-hydrogen) atoms. The zero-order chi connectivity index (χ0) is 13.1. The van der Waals surface area contributed by atoms with E-state index in [1.54, 1.807) is 35.0 Å². The summed E-state index contributed by atoms with van der Waals surface area (Å²) in [5.41, 5.74) is 1.19. The van der Waals surface area contributed by atoms with Crippen molar-refractivity contribution in [2.45, 2.75) is 6.92 Å². The minimum atomic E-state index is -0.316. The molecule has 2 rings (SSSR count). The van der Waals surface area contributed by atoms with E-state index < -0.39 is 0 Å². The van der Waals surface area contributed by atoms with Crippen molar-refractivity contribution in [1.82, 2.24) is 9.78 Å². The first-order valence-corrected chi connectivity index (χ1v) is 5.68. The van der Waals surface area contributed by atoms with Crippen LogP contribution in [0.3, 0.4) is 0 Å². The van der Waals surface area contributed by atoms with Crippen LogP contribution in [0.5, 0.6) is 0 Å². The fraction of sp³-hybridized carbons (Fsp3) is 0.231. The molecule has 0 saturated carbocycles. The lowest BCUT2D eigenvalue weighted by Gasteiger charge is -2.20. The van der Waals surface area contributed by atoms with Gasteiger partial charge >= 0.3 is 0 Å². The Morgan fingerprint density at radius 1 is 1.39 bits per heavy atom. The van der Waals surface area contributed by atoms with E-state index in [4.69, 9.17) is 0 Å². The molecule has 0 atom stereocenters. The van der Waals surface area contributed by atoms with Gasteiger partial charge in [-0.15, -0.1) is 0 Å². The number of hydrogen-bond acceptors (Lipinski definition) is 2. The standard InChI is InChI=1S/C13H14FN3O/c1-3-17(12-6-4-11(14)5-7-12)13(18)10-8-15-16(2)9-10/h4-9H,3H2,1-2H3. The van der Waals surface area contributed by atoms with Gasteiger partial charge in [0.05, 0.1) is 11.8 Å². The molecular formula is C13H14FN3O. The van der Waals surface area contributed by atoms with E-state index >= 15 is 0 Å². The second-order valence-corrected chi connectivity index (χ2v) is 3.93. The number of rotatable bonds is 3. The maximum absolute atomic E-state index is 12.9. The summed E-state index contributed by atoms with van der Waals surface area (Å²) in [6.07, 6.45) is 3.18. The summed E-state index contributed by atoms with van der Waals surface area (Å²) in [5, 5.41) is 3.97. The molecule has 0 aliphatic carbocycles. The molecule has 1 heterocycles. The molecule has 5 heteroatoms. The number of halogens is 1. The predicted octanol–water partition coefficient (Wildman–Crippen LogP) is 2.23. The van der Waals surface area contributed by atoms with Gasteiger partial charge < -0.3 is 4.90 Å². The number of hydrogen-bond donors (Lipinski definition) is 0.